The van der Waals surface area contributed by atoms with E-state index in [1.54, 1.807) is 6.07 Å². The molecule has 0 atom stereocenters. The van der Waals surface area contributed by atoms with Gasteiger partial charge in [-0.2, -0.15) is 0 Å². The largest absolute Gasteiger partial charge is 0.494 e. The number of benzene rings is 2. The lowest BCUT2D eigenvalue weighted by molar-refractivity contribution is 0.409. The summed E-state index contributed by atoms with van der Waals surface area (Å²) in [5, 5.41) is 2.48. The highest BCUT2D eigenvalue weighted by molar-refractivity contribution is 5.78. The van der Waals surface area contributed by atoms with Crippen molar-refractivity contribution in [2.24, 2.45) is 0 Å². The predicted molar refractivity (Wildman–Crippen MR) is 76.4 cm³/mol. The molecule has 0 bridgehead atoms. The Morgan fingerprint density at radius 2 is 1.86 bits per heavy atom. The Bertz CT molecular complexity index is 674. The molecule has 0 amide bonds. The highest BCUT2D eigenvalue weighted by atomic mass is 19.2. The number of halogens is 3. The van der Waals surface area contributed by atoms with Crippen LogP contribution in [0.2, 0.25) is 0 Å². The molecule has 2 rings (SSSR count). The summed E-state index contributed by atoms with van der Waals surface area (Å²) in [5.41, 5.74) is 6.02. The van der Waals surface area contributed by atoms with Gasteiger partial charge in [-0.25, -0.2) is 13.2 Å². The molecule has 2 aromatic rings. The van der Waals surface area contributed by atoms with E-state index < -0.39 is 17.5 Å². The minimum absolute atomic E-state index is 0.00505. The molecule has 0 fully saturated rings. The van der Waals surface area contributed by atoms with Crippen molar-refractivity contribution < 1.29 is 17.9 Å². The second-order valence-corrected chi connectivity index (χ2v) is 4.46. The summed E-state index contributed by atoms with van der Waals surface area (Å²) >= 11 is 0. The van der Waals surface area contributed by atoms with Crippen LogP contribution < -0.4 is 15.8 Å². The number of rotatable bonds is 4. The van der Waals surface area contributed by atoms with Gasteiger partial charge >= 0.3 is 0 Å². The van der Waals surface area contributed by atoms with Crippen LogP contribution in [0, 0.1) is 17.5 Å². The zero-order valence-corrected chi connectivity index (χ0v) is 11.6. The summed E-state index contributed by atoms with van der Waals surface area (Å²) in [5.74, 6) is -2.92. The molecule has 3 nitrogen and oxygen atoms in total. The van der Waals surface area contributed by atoms with Crippen LogP contribution in [0.5, 0.6) is 5.75 Å². The van der Waals surface area contributed by atoms with Gasteiger partial charge in [0, 0.05) is 6.07 Å². The first kappa shape index (κ1) is 15.0. The van der Waals surface area contributed by atoms with Gasteiger partial charge in [-0.15, -0.1) is 0 Å². The van der Waals surface area contributed by atoms with Crippen molar-refractivity contribution in [3.8, 4) is 5.75 Å². The Balaban J connectivity index is 2.46. The lowest BCUT2D eigenvalue weighted by atomic mass is 10.1. The van der Waals surface area contributed by atoms with Crippen LogP contribution in [0.25, 0.3) is 0 Å². The fourth-order valence-electron chi connectivity index (χ4n) is 1.92. The van der Waals surface area contributed by atoms with Crippen molar-refractivity contribution in [2.75, 3.05) is 18.2 Å². The van der Waals surface area contributed by atoms with Crippen molar-refractivity contribution in [1.29, 1.82) is 0 Å². The van der Waals surface area contributed by atoms with Crippen molar-refractivity contribution in [2.45, 2.75) is 13.3 Å². The smallest absolute Gasteiger partial charge is 0.184 e. The zero-order chi connectivity index (χ0) is 15.6. The maximum absolute atomic E-state index is 13.9. The molecule has 0 aromatic heterocycles. The quantitative estimate of drug-likeness (QED) is 0.838. The van der Waals surface area contributed by atoms with Crippen LogP contribution in [0.1, 0.15) is 12.5 Å². The summed E-state index contributed by atoms with van der Waals surface area (Å²) in [6, 6.07) is 5.31. The number of ether oxygens (including phenoxy) is 1. The lowest BCUT2D eigenvalue weighted by Gasteiger charge is -2.15. The van der Waals surface area contributed by atoms with E-state index in [0.717, 1.165) is 11.6 Å². The minimum atomic E-state index is -1.19. The standard InChI is InChI=1S/C15H15F3N2O/c1-3-8-4-5-11(9(16)6-8)20-15-13(18)10(17)7-12(21-2)14(15)19/h4-7,20H,3,19H2,1-2H3. The van der Waals surface area contributed by atoms with Gasteiger partial charge in [0.2, 0.25) is 0 Å². The highest BCUT2D eigenvalue weighted by Gasteiger charge is 2.18. The molecule has 0 radical (unpaired) electrons. The van der Waals surface area contributed by atoms with Crippen LogP contribution in [0.15, 0.2) is 24.3 Å². The van der Waals surface area contributed by atoms with Crippen molar-refractivity contribution in [3.05, 3.63) is 47.3 Å². The molecule has 0 heterocycles. The molecule has 0 aliphatic heterocycles. The Hall–Kier alpha value is -2.37. The normalized spacial score (nSPS) is 10.5. The summed E-state index contributed by atoms with van der Waals surface area (Å²) in [7, 11) is 1.28. The first-order valence-electron chi connectivity index (χ1n) is 6.34. The Morgan fingerprint density at radius 3 is 2.43 bits per heavy atom. The summed E-state index contributed by atoms with van der Waals surface area (Å²) in [6.07, 6.45) is 0.668. The topological polar surface area (TPSA) is 47.3 Å². The summed E-state index contributed by atoms with van der Waals surface area (Å²) < 4.78 is 46.1. The molecule has 0 unspecified atom stereocenters. The molecule has 112 valence electrons. The van der Waals surface area contributed by atoms with E-state index in [1.165, 1.54) is 19.2 Å². The number of nitrogens with one attached hydrogen (secondary N) is 1. The number of methoxy groups -OCH3 is 1. The van der Waals surface area contributed by atoms with E-state index in [0.29, 0.717) is 6.42 Å². The van der Waals surface area contributed by atoms with Gasteiger partial charge in [0.05, 0.1) is 12.8 Å². The second-order valence-electron chi connectivity index (χ2n) is 4.46. The molecule has 0 spiro atoms. The van der Waals surface area contributed by atoms with Gasteiger partial charge in [0.25, 0.3) is 0 Å². The highest BCUT2D eigenvalue weighted by Crippen LogP contribution is 2.36. The summed E-state index contributed by atoms with van der Waals surface area (Å²) in [6.45, 7) is 1.89. The summed E-state index contributed by atoms with van der Waals surface area (Å²) in [4.78, 5) is 0. The van der Waals surface area contributed by atoms with Crippen LogP contribution in [-0.2, 0) is 6.42 Å². The molecular formula is C15H15F3N2O. The van der Waals surface area contributed by atoms with E-state index in [4.69, 9.17) is 10.5 Å². The number of hydrogen-bond acceptors (Lipinski definition) is 3. The van der Waals surface area contributed by atoms with Gasteiger partial charge in [-0.1, -0.05) is 13.0 Å². The first-order valence-corrected chi connectivity index (χ1v) is 6.34. The second kappa shape index (κ2) is 5.95. The minimum Gasteiger partial charge on any atom is -0.494 e. The molecule has 6 heteroatoms. The van der Waals surface area contributed by atoms with Crippen LogP contribution >= 0.6 is 0 Å². The van der Waals surface area contributed by atoms with E-state index in [-0.39, 0.29) is 22.8 Å². The predicted octanol–water partition coefficient (Wildman–Crippen LogP) is 4.00. The molecule has 3 N–H and O–H groups in total. The van der Waals surface area contributed by atoms with Crippen LogP contribution in [-0.4, -0.2) is 7.11 Å². The third-order valence-electron chi connectivity index (χ3n) is 3.14. The fourth-order valence-corrected chi connectivity index (χ4v) is 1.92. The van der Waals surface area contributed by atoms with Gasteiger partial charge in [-0.05, 0) is 24.1 Å². The Kier molecular flexibility index (Phi) is 4.26. The molecular weight excluding hydrogens is 281 g/mol. The molecule has 2 aromatic carbocycles. The van der Waals surface area contributed by atoms with Gasteiger partial charge in [-0.3, -0.25) is 0 Å². The van der Waals surface area contributed by atoms with E-state index >= 15 is 0 Å². The van der Waals surface area contributed by atoms with Crippen LogP contribution in [0.3, 0.4) is 0 Å². The van der Waals surface area contributed by atoms with Crippen molar-refractivity contribution in [3.63, 3.8) is 0 Å². The average molecular weight is 296 g/mol. The first-order chi connectivity index (χ1) is 9.97. The van der Waals surface area contributed by atoms with E-state index in [2.05, 4.69) is 5.32 Å². The molecule has 0 aliphatic rings. The number of nitrogens with two attached hydrogens (primary N) is 1. The number of hydrogen-bond donors (Lipinski definition) is 2. The average Bonchev–Trinajstić information content (AvgIpc) is 2.48. The SMILES string of the molecule is CCc1ccc(Nc2c(N)c(OC)cc(F)c2F)c(F)c1. The van der Waals surface area contributed by atoms with Crippen LogP contribution in [0.4, 0.5) is 30.2 Å². The fraction of sp³-hybridized carbons (Fsp3) is 0.200. The maximum Gasteiger partial charge on any atom is 0.184 e. The van der Waals surface area contributed by atoms with E-state index in [1.807, 2.05) is 6.92 Å². The van der Waals surface area contributed by atoms with Crippen molar-refractivity contribution >= 4 is 17.1 Å². The van der Waals surface area contributed by atoms with E-state index in [9.17, 15) is 13.2 Å². The Morgan fingerprint density at radius 1 is 1.14 bits per heavy atom. The molecule has 0 saturated carbocycles. The number of anilines is 3. The molecule has 0 saturated heterocycles. The van der Waals surface area contributed by atoms with Gasteiger partial charge < -0.3 is 15.8 Å². The third-order valence-corrected chi connectivity index (χ3v) is 3.14. The number of nitrogen functional groups attached to an aromatic ring is 1. The zero-order valence-electron chi connectivity index (χ0n) is 11.6. The van der Waals surface area contributed by atoms with Crippen molar-refractivity contribution in [1.82, 2.24) is 0 Å². The molecule has 21 heavy (non-hydrogen) atoms. The van der Waals surface area contributed by atoms with Gasteiger partial charge in [0.1, 0.15) is 22.9 Å². The third kappa shape index (κ3) is 2.89. The number of aryl methyl sites for hydroxylation is 1. The molecule has 0 aliphatic carbocycles. The lowest BCUT2D eigenvalue weighted by Crippen LogP contribution is -2.05. The monoisotopic (exact) mass is 296 g/mol. The maximum atomic E-state index is 13.9. The van der Waals surface area contributed by atoms with Gasteiger partial charge in [0.15, 0.2) is 11.6 Å². The Labute approximate surface area is 120 Å².